The van der Waals surface area contributed by atoms with Gasteiger partial charge in [-0.25, -0.2) is 13.6 Å². The molecule has 2 heterocycles. The highest BCUT2D eigenvalue weighted by molar-refractivity contribution is 6.04. The largest absolute Gasteiger partial charge is 0.444 e. The first-order valence-electron chi connectivity index (χ1n) is 9.67. The molecule has 1 aliphatic rings. The summed E-state index contributed by atoms with van der Waals surface area (Å²) in [5, 5.41) is 2.68. The van der Waals surface area contributed by atoms with Gasteiger partial charge in [0, 0.05) is 18.3 Å². The molecule has 1 fully saturated rings. The van der Waals surface area contributed by atoms with E-state index in [-0.39, 0.29) is 5.69 Å². The van der Waals surface area contributed by atoms with Gasteiger partial charge in [-0.1, -0.05) is 18.2 Å². The van der Waals surface area contributed by atoms with Gasteiger partial charge in [-0.3, -0.25) is 24.6 Å². The van der Waals surface area contributed by atoms with Gasteiger partial charge in [-0.15, -0.1) is 0 Å². The Hall–Kier alpha value is -3.43. The van der Waals surface area contributed by atoms with Gasteiger partial charge in [0.05, 0.1) is 6.54 Å². The minimum atomic E-state index is -3.23. The normalized spacial score (nSPS) is 17.8. The van der Waals surface area contributed by atoms with E-state index in [0.717, 1.165) is 4.68 Å². The summed E-state index contributed by atoms with van der Waals surface area (Å²) in [6, 6.07) is 10.2. The Labute approximate surface area is 178 Å². The van der Waals surface area contributed by atoms with Crippen molar-refractivity contribution >= 4 is 23.6 Å². The molecule has 1 atom stereocenters. The highest BCUT2D eigenvalue weighted by atomic mass is 19.3. The molecule has 31 heavy (non-hydrogen) atoms. The number of nitrogens with zero attached hydrogens (tertiary/aromatic N) is 2. The average Bonchev–Trinajstić information content (AvgIpc) is 3.25. The van der Waals surface area contributed by atoms with Crippen molar-refractivity contribution in [3.8, 4) is 0 Å². The molecule has 0 saturated carbocycles. The molecule has 1 unspecified atom stereocenters. The summed E-state index contributed by atoms with van der Waals surface area (Å²) in [5.41, 5.74) is 2.16. The number of halogens is 2. The molecule has 1 saturated heterocycles. The summed E-state index contributed by atoms with van der Waals surface area (Å²) in [6.45, 7) is 3.88. The van der Waals surface area contributed by atoms with Gasteiger partial charge in [-0.2, -0.15) is 0 Å². The van der Waals surface area contributed by atoms with Crippen molar-refractivity contribution in [3.05, 3.63) is 54.4 Å². The van der Waals surface area contributed by atoms with Crippen molar-refractivity contribution < 1.29 is 27.9 Å². The zero-order chi connectivity index (χ0) is 22.8. The molecule has 1 aliphatic heterocycles. The van der Waals surface area contributed by atoms with Crippen LogP contribution in [0.4, 0.5) is 19.3 Å². The van der Waals surface area contributed by atoms with E-state index in [1.54, 1.807) is 51.1 Å². The Balaban J connectivity index is 1.74. The Morgan fingerprint density at radius 3 is 2.42 bits per heavy atom. The third kappa shape index (κ3) is 5.59. The van der Waals surface area contributed by atoms with Crippen LogP contribution in [0.5, 0.6) is 0 Å². The fraction of sp³-hybridized carbons (Fsp3) is 0.381. The van der Waals surface area contributed by atoms with Gasteiger partial charge < -0.3 is 10.1 Å². The third-order valence-electron chi connectivity index (χ3n) is 4.44. The number of hydrogen-bond donors (Lipinski definition) is 2. The van der Waals surface area contributed by atoms with Crippen molar-refractivity contribution in [1.82, 2.24) is 9.58 Å². The number of nitrogens with one attached hydrogen (secondary N) is 2. The van der Waals surface area contributed by atoms with E-state index in [1.165, 1.54) is 18.3 Å². The molecule has 8 nitrogen and oxygen atoms in total. The minimum absolute atomic E-state index is 0.0887. The molecule has 0 aliphatic carbocycles. The second-order valence-electron chi connectivity index (χ2n) is 8.24. The second kappa shape index (κ2) is 8.37. The second-order valence-corrected chi connectivity index (χ2v) is 8.24. The maximum absolute atomic E-state index is 14.0. The van der Waals surface area contributed by atoms with Crippen LogP contribution in [-0.4, -0.2) is 51.6 Å². The van der Waals surface area contributed by atoms with Crippen molar-refractivity contribution in [1.29, 1.82) is 0 Å². The van der Waals surface area contributed by atoms with Gasteiger partial charge in [0.25, 0.3) is 17.7 Å². The zero-order valence-corrected chi connectivity index (χ0v) is 17.4. The van der Waals surface area contributed by atoms with Crippen molar-refractivity contribution in [2.75, 3.05) is 17.3 Å². The van der Waals surface area contributed by atoms with E-state index in [9.17, 15) is 23.2 Å². The van der Waals surface area contributed by atoms with E-state index in [2.05, 4.69) is 10.7 Å². The number of likely N-dealkylation sites (tertiary alicyclic amines) is 1. The molecule has 2 N–H and O–H groups in total. The number of amides is 3. The molecule has 0 radical (unpaired) electrons. The molecule has 0 bridgehead atoms. The van der Waals surface area contributed by atoms with Crippen LogP contribution in [0.2, 0.25) is 0 Å². The van der Waals surface area contributed by atoms with E-state index in [0.29, 0.717) is 10.6 Å². The molecule has 3 rings (SSSR count). The molecular weight excluding hydrogens is 410 g/mol. The van der Waals surface area contributed by atoms with Gasteiger partial charge >= 0.3 is 6.09 Å². The molecule has 1 aromatic heterocycles. The lowest BCUT2D eigenvalue weighted by Crippen LogP contribution is -2.47. The lowest BCUT2D eigenvalue weighted by Gasteiger charge is -2.27. The molecule has 1 aromatic carbocycles. The van der Waals surface area contributed by atoms with E-state index in [4.69, 9.17) is 4.74 Å². The number of anilines is 1. The van der Waals surface area contributed by atoms with Crippen LogP contribution in [0.1, 0.15) is 37.7 Å². The predicted octanol–water partition coefficient (Wildman–Crippen LogP) is 3.46. The standard InChI is InChI=1S/C21H24F2N4O4/c1-20(2,3)31-19(30)26-13-21(22,23)12-16(26)18(29)25-27-11-7-10-15(27)17(28)24-14-8-5-4-6-9-14/h4-11,16H,12-13H2,1-3H3,(H,24,28)(H,25,29). The van der Waals surface area contributed by atoms with E-state index < -0.39 is 48.4 Å². The number of benzene rings is 1. The molecule has 3 amide bonds. The lowest BCUT2D eigenvalue weighted by molar-refractivity contribution is -0.121. The zero-order valence-electron chi connectivity index (χ0n) is 17.4. The highest BCUT2D eigenvalue weighted by Crippen LogP contribution is 2.33. The Morgan fingerprint density at radius 1 is 1.10 bits per heavy atom. The van der Waals surface area contributed by atoms with Gasteiger partial charge in [0.1, 0.15) is 17.3 Å². The van der Waals surface area contributed by atoms with Crippen molar-refractivity contribution in [3.63, 3.8) is 0 Å². The number of para-hydroxylation sites is 1. The number of carbonyl (C=O) groups excluding carboxylic acids is 3. The SMILES string of the molecule is CC(C)(C)OC(=O)N1CC(F)(F)CC1C(=O)Nn1cccc1C(=O)Nc1ccccc1. The van der Waals surface area contributed by atoms with Crippen molar-refractivity contribution in [2.24, 2.45) is 0 Å². The quantitative estimate of drug-likeness (QED) is 0.771. The van der Waals surface area contributed by atoms with Crippen molar-refractivity contribution in [2.45, 2.75) is 44.8 Å². The number of ether oxygens (including phenoxy) is 1. The maximum atomic E-state index is 14.0. The number of alkyl halides is 2. The molecular formula is C21H24F2N4O4. The monoisotopic (exact) mass is 434 g/mol. The molecule has 0 spiro atoms. The summed E-state index contributed by atoms with van der Waals surface area (Å²) >= 11 is 0. The summed E-state index contributed by atoms with van der Waals surface area (Å²) in [6.07, 6.45) is -0.437. The van der Waals surface area contributed by atoms with E-state index in [1.807, 2.05) is 0 Å². The summed E-state index contributed by atoms with van der Waals surface area (Å²) in [4.78, 5) is 38.4. The molecule has 10 heteroatoms. The average molecular weight is 434 g/mol. The molecule has 2 aromatic rings. The Bertz CT molecular complexity index is 969. The third-order valence-corrected chi connectivity index (χ3v) is 4.44. The highest BCUT2D eigenvalue weighted by Gasteiger charge is 2.51. The Morgan fingerprint density at radius 2 is 1.77 bits per heavy atom. The van der Waals surface area contributed by atoms with Crippen LogP contribution in [0.3, 0.4) is 0 Å². The van der Waals surface area contributed by atoms with Crippen LogP contribution in [0.25, 0.3) is 0 Å². The minimum Gasteiger partial charge on any atom is -0.444 e. The maximum Gasteiger partial charge on any atom is 0.411 e. The first-order valence-corrected chi connectivity index (χ1v) is 9.67. The fourth-order valence-corrected chi connectivity index (χ4v) is 3.14. The topological polar surface area (TPSA) is 92.7 Å². The van der Waals surface area contributed by atoms with Crippen LogP contribution in [-0.2, 0) is 9.53 Å². The number of hydrogen-bond acceptors (Lipinski definition) is 4. The summed E-state index contributed by atoms with van der Waals surface area (Å²) < 4.78 is 34.3. The van der Waals surface area contributed by atoms with Gasteiger partial charge in [-0.05, 0) is 45.0 Å². The molecule has 166 valence electrons. The fourth-order valence-electron chi connectivity index (χ4n) is 3.14. The first-order chi connectivity index (χ1) is 14.5. The van der Waals surface area contributed by atoms with Gasteiger partial charge in [0.2, 0.25) is 0 Å². The summed E-state index contributed by atoms with van der Waals surface area (Å²) in [7, 11) is 0. The van der Waals surface area contributed by atoms with Gasteiger partial charge in [0.15, 0.2) is 0 Å². The number of aromatic nitrogens is 1. The first kappa shape index (κ1) is 22.3. The van der Waals surface area contributed by atoms with Crippen LogP contribution >= 0.6 is 0 Å². The van der Waals surface area contributed by atoms with E-state index >= 15 is 0 Å². The van der Waals surface area contributed by atoms with Crippen LogP contribution in [0.15, 0.2) is 48.7 Å². The van der Waals surface area contributed by atoms with Crippen LogP contribution < -0.4 is 10.7 Å². The smallest absolute Gasteiger partial charge is 0.411 e. The van der Waals surface area contributed by atoms with Crippen LogP contribution in [0, 0.1) is 0 Å². The Kier molecular flexibility index (Phi) is 6.01. The summed E-state index contributed by atoms with van der Waals surface area (Å²) in [5.74, 6) is -4.59. The number of rotatable bonds is 4. The predicted molar refractivity (Wildman–Crippen MR) is 109 cm³/mol. The lowest BCUT2D eigenvalue weighted by atomic mass is 10.2. The number of carbonyl (C=O) groups is 3.